The highest BCUT2D eigenvalue weighted by atomic mass is 35.5. The molecule has 0 radical (unpaired) electrons. The van der Waals surface area contributed by atoms with Crippen molar-refractivity contribution >= 4 is 28.5 Å². The summed E-state index contributed by atoms with van der Waals surface area (Å²) < 4.78 is 5.31. The number of pyridine rings is 2. The molecule has 0 spiro atoms. The predicted molar refractivity (Wildman–Crippen MR) is 109 cm³/mol. The standard InChI is InChI=1S/C22H18ClN3O2/c23-15-9-10-19-18(13-15)17(22(26-19)20-7-1-2-12-25-20)6-3-8-21(27)28-16-5-4-11-24-14-16/h1-2,4-5,7,9-14,26H,3,6,8H2. The van der Waals surface area contributed by atoms with Crippen molar-refractivity contribution in [2.75, 3.05) is 0 Å². The molecule has 0 saturated heterocycles. The maximum absolute atomic E-state index is 12.1. The van der Waals surface area contributed by atoms with Gasteiger partial charge in [0.2, 0.25) is 0 Å². The summed E-state index contributed by atoms with van der Waals surface area (Å²) in [6.45, 7) is 0. The van der Waals surface area contributed by atoms with Gasteiger partial charge in [0.1, 0.15) is 5.75 Å². The Hall–Kier alpha value is -3.18. The minimum absolute atomic E-state index is 0.273. The number of aromatic amines is 1. The monoisotopic (exact) mass is 391 g/mol. The maximum Gasteiger partial charge on any atom is 0.311 e. The van der Waals surface area contributed by atoms with Crippen LogP contribution in [0, 0.1) is 0 Å². The normalized spacial score (nSPS) is 10.9. The lowest BCUT2D eigenvalue weighted by molar-refractivity contribution is -0.134. The minimum atomic E-state index is -0.273. The van der Waals surface area contributed by atoms with Gasteiger partial charge in [-0.1, -0.05) is 17.7 Å². The first kappa shape index (κ1) is 18.2. The molecule has 0 fully saturated rings. The zero-order valence-electron chi connectivity index (χ0n) is 15.1. The summed E-state index contributed by atoms with van der Waals surface area (Å²) in [5, 5.41) is 1.73. The number of nitrogens with zero attached hydrogens (tertiary/aromatic N) is 2. The lowest BCUT2D eigenvalue weighted by atomic mass is 10.0. The molecule has 5 nitrogen and oxygen atoms in total. The molecular weight excluding hydrogens is 374 g/mol. The third kappa shape index (κ3) is 4.05. The SMILES string of the molecule is O=C(CCCc1c(-c2ccccn2)[nH]c2ccc(Cl)cc12)Oc1cccnc1. The Kier molecular flexibility index (Phi) is 5.35. The summed E-state index contributed by atoms with van der Waals surface area (Å²) in [7, 11) is 0. The molecule has 0 aliphatic heterocycles. The van der Waals surface area contributed by atoms with Crippen LogP contribution in [-0.4, -0.2) is 20.9 Å². The highest BCUT2D eigenvalue weighted by molar-refractivity contribution is 6.31. The average molecular weight is 392 g/mol. The van der Waals surface area contributed by atoms with Gasteiger partial charge in [0.25, 0.3) is 0 Å². The second-order valence-corrected chi connectivity index (χ2v) is 6.84. The summed E-state index contributed by atoms with van der Waals surface area (Å²) in [5.74, 6) is 0.186. The highest BCUT2D eigenvalue weighted by Gasteiger charge is 2.15. The van der Waals surface area contributed by atoms with Crippen molar-refractivity contribution in [1.82, 2.24) is 15.0 Å². The van der Waals surface area contributed by atoms with E-state index in [9.17, 15) is 4.79 Å². The molecule has 0 aliphatic rings. The van der Waals surface area contributed by atoms with E-state index >= 15 is 0 Å². The van der Waals surface area contributed by atoms with Crippen molar-refractivity contribution < 1.29 is 9.53 Å². The average Bonchev–Trinajstić information content (AvgIpc) is 3.07. The number of carbonyl (C=O) groups excluding carboxylic acids is 1. The number of ether oxygens (including phenoxy) is 1. The fraction of sp³-hybridized carbons (Fsp3) is 0.136. The molecule has 0 saturated carbocycles. The Balaban J connectivity index is 1.54. The molecule has 1 N–H and O–H groups in total. The Morgan fingerprint density at radius 1 is 1.11 bits per heavy atom. The molecule has 140 valence electrons. The molecule has 6 heteroatoms. The number of esters is 1. The fourth-order valence-electron chi connectivity index (χ4n) is 3.21. The first-order chi connectivity index (χ1) is 13.7. The van der Waals surface area contributed by atoms with Crippen LogP contribution in [-0.2, 0) is 11.2 Å². The van der Waals surface area contributed by atoms with Crippen LogP contribution in [0.1, 0.15) is 18.4 Å². The number of hydrogen-bond acceptors (Lipinski definition) is 4. The highest BCUT2D eigenvalue weighted by Crippen LogP contribution is 2.32. The fourth-order valence-corrected chi connectivity index (χ4v) is 3.38. The number of hydrogen-bond donors (Lipinski definition) is 1. The van der Waals surface area contributed by atoms with Crippen molar-refractivity contribution in [1.29, 1.82) is 0 Å². The van der Waals surface area contributed by atoms with Gasteiger partial charge < -0.3 is 9.72 Å². The van der Waals surface area contributed by atoms with Gasteiger partial charge in [-0.2, -0.15) is 0 Å². The van der Waals surface area contributed by atoms with Crippen LogP contribution in [0.3, 0.4) is 0 Å². The van der Waals surface area contributed by atoms with Crippen molar-refractivity contribution in [3.05, 3.63) is 77.7 Å². The van der Waals surface area contributed by atoms with E-state index in [4.69, 9.17) is 16.3 Å². The molecular formula is C22H18ClN3O2. The quantitative estimate of drug-likeness (QED) is 0.458. The number of rotatable bonds is 6. The molecule has 1 aromatic carbocycles. The number of aryl methyl sites for hydroxylation is 1. The van der Waals surface area contributed by atoms with Crippen LogP contribution in [0.15, 0.2) is 67.1 Å². The number of fused-ring (bicyclic) bond motifs is 1. The second kappa shape index (κ2) is 8.23. The molecule has 3 aromatic heterocycles. The number of nitrogens with one attached hydrogen (secondary N) is 1. The molecule has 0 bridgehead atoms. The van der Waals surface area contributed by atoms with Crippen LogP contribution < -0.4 is 4.74 Å². The van der Waals surface area contributed by atoms with E-state index in [0.717, 1.165) is 27.9 Å². The maximum atomic E-state index is 12.1. The topological polar surface area (TPSA) is 67.9 Å². The van der Waals surface area contributed by atoms with Crippen LogP contribution in [0.5, 0.6) is 5.75 Å². The number of H-pyrrole nitrogens is 1. The van der Waals surface area contributed by atoms with Crippen LogP contribution in [0.4, 0.5) is 0 Å². The number of carbonyl (C=O) groups is 1. The Labute approximate surface area is 167 Å². The third-order valence-corrected chi connectivity index (χ3v) is 4.70. The molecule has 0 amide bonds. The van der Waals surface area contributed by atoms with Gasteiger partial charge in [-0.15, -0.1) is 0 Å². The molecule has 0 aliphatic carbocycles. The van der Waals surface area contributed by atoms with E-state index in [2.05, 4.69) is 15.0 Å². The first-order valence-electron chi connectivity index (χ1n) is 9.03. The smallest absolute Gasteiger partial charge is 0.311 e. The van der Waals surface area contributed by atoms with Gasteiger partial charge in [-0.25, -0.2) is 0 Å². The number of aromatic nitrogens is 3. The summed E-state index contributed by atoms with van der Waals surface area (Å²) in [6, 6.07) is 15.0. The van der Waals surface area contributed by atoms with Gasteiger partial charge in [0.15, 0.2) is 0 Å². The van der Waals surface area contributed by atoms with E-state index in [1.165, 1.54) is 6.20 Å². The van der Waals surface area contributed by atoms with Gasteiger partial charge in [0.05, 0.1) is 17.6 Å². The van der Waals surface area contributed by atoms with Crippen molar-refractivity contribution in [3.63, 3.8) is 0 Å². The summed E-state index contributed by atoms with van der Waals surface area (Å²) in [5.41, 5.74) is 3.92. The molecule has 0 atom stereocenters. The van der Waals surface area contributed by atoms with Crippen LogP contribution >= 0.6 is 11.6 Å². The number of benzene rings is 1. The summed E-state index contributed by atoms with van der Waals surface area (Å²) in [4.78, 5) is 24.0. The lowest BCUT2D eigenvalue weighted by Gasteiger charge is -2.06. The van der Waals surface area contributed by atoms with Crippen molar-refractivity contribution in [3.8, 4) is 17.1 Å². The van der Waals surface area contributed by atoms with Crippen molar-refractivity contribution in [2.45, 2.75) is 19.3 Å². The van der Waals surface area contributed by atoms with Gasteiger partial charge in [0, 0.05) is 34.7 Å². The largest absolute Gasteiger partial charge is 0.425 e. The van der Waals surface area contributed by atoms with E-state index < -0.39 is 0 Å². The Morgan fingerprint density at radius 3 is 2.82 bits per heavy atom. The number of halogens is 1. The molecule has 4 rings (SSSR count). The Bertz CT molecular complexity index is 1090. The zero-order chi connectivity index (χ0) is 19.3. The van der Waals surface area contributed by atoms with Gasteiger partial charge >= 0.3 is 5.97 Å². The van der Waals surface area contributed by atoms with Gasteiger partial charge in [-0.3, -0.25) is 14.8 Å². The molecule has 0 unspecified atom stereocenters. The van der Waals surface area contributed by atoms with Crippen LogP contribution in [0.2, 0.25) is 5.02 Å². The lowest BCUT2D eigenvalue weighted by Crippen LogP contribution is -2.08. The third-order valence-electron chi connectivity index (χ3n) is 4.46. The predicted octanol–water partition coefficient (Wildman–Crippen LogP) is 5.21. The second-order valence-electron chi connectivity index (χ2n) is 6.40. The van der Waals surface area contributed by atoms with E-state index in [1.54, 1.807) is 24.5 Å². The molecule has 3 heterocycles. The van der Waals surface area contributed by atoms with Gasteiger partial charge in [-0.05, 0) is 60.9 Å². The minimum Gasteiger partial charge on any atom is -0.425 e. The first-order valence-corrected chi connectivity index (χ1v) is 9.41. The Morgan fingerprint density at radius 2 is 2.04 bits per heavy atom. The summed E-state index contributed by atoms with van der Waals surface area (Å²) >= 11 is 6.21. The van der Waals surface area contributed by atoms with Crippen molar-refractivity contribution in [2.24, 2.45) is 0 Å². The molecule has 4 aromatic rings. The van der Waals surface area contributed by atoms with E-state index in [1.807, 2.05) is 36.4 Å². The van der Waals surface area contributed by atoms with E-state index in [0.29, 0.717) is 30.0 Å². The zero-order valence-corrected chi connectivity index (χ0v) is 15.8. The van der Waals surface area contributed by atoms with Crippen LogP contribution in [0.25, 0.3) is 22.3 Å². The summed E-state index contributed by atoms with van der Waals surface area (Å²) in [6.07, 6.45) is 6.59. The van der Waals surface area contributed by atoms with E-state index in [-0.39, 0.29) is 5.97 Å². The molecule has 28 heavy (non-hydrogen) atoms.